The highest BCUT2D eigenvalue weighted by molar-refractivity contribution is 14.0. The van der Waals surface area contributed by atoms with Crippen LogP contribution in [0.5, 0.6) is 0 Å². The van der Waals surface area contributed by atoms with E-state index in [2.05, 4.69) is 22.7 Å². The Morgan fingerprint density at radius 3 is 2.71 bits per heavy atom. The molecule has 0 bridgehead atoms. The van der Waals surface area contributed by atoms with Gasteiger partial charge in [0, 0.05) is 43.4 Å². The molecule has 2 fully saturated rings. The SMILES string of the molecule is CCNC(=NCc1cnn(-c2ccccc2)c1)NC1CCN(C(=O)C2CCCC2)C1.I. The maximum absolute atomic E-state index is 12.7. The lowest BCUT2D eigenvalue weighted by Gasteiger charge is -2.21. The molecule has 2 aliphatic rings. The van der Waals surface area contributed by atoms with Gasteiger partial charge in [0.05, 0.1) is 18.4 Å². The van der Waals surface area contributed by atoms with Gasteiger partial charge in [-0.3, -0.25) is 4.79 Å². The van der Waals surface area contributed by atoms with Gasteiger partial charge in [0.25, 0.3) is 0 Å². The Morgan fingerprint density at radius 2 is 1.97 bits per heavy atom. The molecule has 1 saturated carbocycles. The third-order valence-corrected chi connectivity index (χ3v) is 5.97. The summed E-state index contributed by atoms with van der Waals surface area (Å²) < 4.78 is 1.87. The van der Waals surface area contributed by atoms with Crippen molar-refractivity contribution in [2.75, 3.05) is 19.6 Å². The average molecular weight is 536 g/mol. The van der Waals surface area contributed by atoms with Gasteiger partial charge in [0.1, 0.15) is 0 Å². The van der Waals surface area contributed by atoms with Gasteiger partial charge in [-0.1, -0.05) is 31.0 Å². The van der Waals surface area contributed by atoms with Crippen LogP contribution < -0.4 is 10.6 Å². The van der Waals surface area contributed by atoms with Gasteiger partial charge in [-0.15, -0.1) is 24.0 Å². The molecule has 8 heteroatoms. The van der Waals surface area contributed by atoms with E-state index in [1.807, 2.05) is 52.3 Å². The van der Waals surface area contributed by atoms with Gasteiger partial charge in [-0.05, 0) is 38.3 Å². The molecule has 1 aromatic carbocycles. The number of para-hydroxylation sites is 1. The van der Waals surface area contributed by atoms with Gasteiger partial charge < -0.3 is 15.5 Å². The zero-order valence-corrected chi connectivity index (χ0v) is 20.5. The number of likely N-dealkylation sites (tertiary alicyclic amines) is 1. The van der Waals surface area contributed by atoms with Crippen LogP contribution in [0.4, 0.5) is 0 Å². The number of nitrogens with zero attached hydrogens (tertiary/aromatic N) is 4. The lowest BCUT2D eigenvalue weighted by atomic mass is 10.1. The highest BCUT2D eigenvalue weighted by Crippen LogP contribution is 2.27. The van der Waals surface area contributed by atoms with E-state index in [4.69, 9.17) is 4.99 Å². The van der Waals surface area contributed by atoms with Crippen LogP contribution >= 0.6 is 24.0 Å². The normalized spacial score (nSPS) is 19.3. The molecule has 168 valence electrons. The largest absolute Gasteiger partial charge is 0.357 e. The van der Waals surface area contributed by atoms with Gasteiger partial charge in [0.15, 0.2) is 5.96 Å². The van der Waals surface area contributed by atoms with Crippen molar-refractivity contribution in [1.82, 2.24) is 25.3 Å². The van der Waals surface area contributed by atoms with Crippen molar-refractivity contribution in [2.24, 2.45) is 10.9 Å². The molecule has 31 heavy (non-hydrogen) atoms. The molecule has 2 heterocycles. The molecule has 2 aromatic rings. The Kier molecular flexibility index (Phi) is 8.74. The molecule has 1 aromatic heterocycles. The Labute approximate surface area is 201 Å². The van der Waals surface area contributed by atoms with Crippen molar-refractivity contribution in [2.45, 2.75) is 51.6 Å². The molecule has 1 amide bonds. The number of benzene rings is 1. The molecule has 2 N–H and O–H groups in total. The zero-order chi connectivity index (χ0) is 20.8. The first-order chi connectivity index (χ1) is 14.7. The maximum atomic E-state index is 12.7. The first-order valence-electron chi connectivity index (χ1n) is 11.2. The van der Waals surface area contributed by atoms with Crippen LogP contribution in [0, 0.1) is 5.92 Å². The van der Waals surface area contributed by atoms with Gasteiger partial charge in [-0.25, -0.2) is 9.67 Å². The third kappa shape index (κ3) is 6.21. The van der Waals surface area contributed by atoms with Crippen LogP contribution in [0.2, 0.25) is 0 Å². The number of carbonyl (C=O) groups is 1. The summed E-state index contributed by atoms with van der Waals surface area (Å²) in [4.78, 5) is 19.5. The smallest absolute Gasteiger partial charge is 0.225 e. The highest BCUT2D eigenvalue weighted by atomic mass is 127. The summed E-state index contributed by atoms with van der Waals surface area (Å²) in [5.74, 6) is 1.41. The van der Waals surface area contributed by atoms with E-state index in [9.17, 15) is 4.79 Å². The second kappa shape index (κ2) is 11.5. The predicted octanol–water partition coefficient (Wildman–Crippen LogP) is 3.34. The summed E-state index contributed by atoms with van der Waals surface area (Å²) in [6.07, 6.45) is 9.36. The number of guanidine groups is 1. The number of carbonyl (C=O) groups excluding carboxylic acids is 1. The quantitative estimate of drug-likeness (QED) is 0.338. The number of halogens is 1. The molecular weight excluding hydrogens is 503 g/mol. The van der Waals surface area contributed by atoms with Crippen molar-refractivity contribution >= 4 is 35.8 Å². The summed E-state index contributed by atoms with van der Waals surface area (Å²) in [5, 5.41) is 11.3. The standard InChI is InChI=1S/C23H32N6O.HI/c1-2-24-23(25-14-18-15-26-29(16-18)21-10-4-3-5-11-21)27-20-12-13-28(17-20)22(30)19-8-6-7-9-19;/h3-5,10-11,15-16,19-20H,2,6-9,12-14,17H2,1H3,(H2,24,25,27);1H. The van der Waals surface area contributed by atoms with Crippen LogP contribution in [-0.2, 0) is 11.3 Å². The number of aliphatic imine (C=N–C) groups is 1. The number of aromatic nitrogens is 2. The number of rotatable bonds is 6. The van der Waals surface area contributed by atoms with Crippen LogP contribution in [0.25, 0.3) is 5.69 Å². The summed E-state index contributed by atoms with van der Waals surface area (Å²) in [5.41, 5.74) is 2.09. The molecule has 4 rings (SSSR count). The monoisotopic (exact) mass is 536 g/mol. The van der Waals surface area contributed by atoms with Gasteiger partial charge in [-0.2, -0.15) is 5.10 Å². The Morgan fingerprint density at radius 1 is 1.19 bits per heavy atom. The molecule has 1 atom stereocenters. The van der Waals surface area contributed by atoms with E-state index in [1.54, 1.807) is 0 Å². The van der Waals surface area contributed by atoms with Crippen LogP contribution in [0.15, 0.2) is 47.7 Å². The van der Waals surface area contributed by atoms with Crippen molar-refractivity contribution < 1.29 is 4.79 Å². The van der Waals surface area contributed by atoms with Crippen molar-refractivity contribution in [3.8, 4) is 5.69 Å². The van der Waals surface area contributed by atoms with E-state index >= 15 is 0 Å². The Balaban J connectivity index is 0.00000272. The lowest BCUT2D eigenvalue weighted by molar-refractivity contribution is -0.134. The van der Waals surface area contributed by atoms with Crippen molar-refractivity contribution in [3.05, 3.63) is 48.3 Å². The maximum Gasteiger partial charge on any atom is 0.225 e. The minimum Gasteiger partial charge on any atom is -0.357 e. The molecule has 1 unspecified atom stereocenters. The molecule has 7 nitrogen and oxygen atoms in total. The van der Waals surface area contributed by atoms with E-state index in [0.717, 1.165) is 56.1 Å². The van der Waals surface area contributed by atoms with Crippen LogP contribution in [0.3, 0.4) is 0 Å². The van der Waals surface area contributed by atoms with Crippen molar-refractivity contribution in [1.29, 1.82) is 0 Å². The van der Waals surface area contributed by atoms with Crippen molar-refractivity contribution in [3.63, 3.8) is 0 Å². The number of hydrogen-bond acceptors (Lipinski definition) is 3. The van der Waals surface area contributed by atoms with Crippen LogP contribution in [-0.4, -0.2) is 52.2 Å². The summed E-state index contributed by atoms with van der Waals surface area (Å²) in [7, 11) is 0. The summed E-state index contributed by atoms with van der Waals surface area (Å²) in [6, 6.07) is 10.3. The third-order valence-electron chi connectivity index (χ3n) is 5.97. The number of amides is 1. The molecule has 1 saturated heterocycles. The highest BCUT2D eigenvalue weighted by Gasteiger charge is 2.32. The second-order valence-corrected chi connectivity index (χ2v) is 8.22. The van der Waals surface area contributed by atoms with E-state index in [0.29, 0.717) is 12.5 Å². The fraction of sp³-hybridized carbons (Fsp3) is 0.522. The van der Waals surface area contributed by atoms with E-state index in [1.165, 1.54) is 12.8 Å². The second-order valence-electron chi connectivity index (χ2n) is 8.22. The first kappa shape index (κ1) is 23.6. The topological polar surface area (TPSA) is 74.6 Å². The zero-order valence-electron chi connectivity index (χ0n) is 18.2. The predicted molar refractivity (Wildman–Crippen MR) is 134 cm³/mol. The summed E-state index contributed by atoms with van der Waals surface area (Å²) in [6.45, 7) is 5.03. The molecule has 1 aliphatic carbocycles. The number of nitrogens with one attached hydrogen (secondary N) is 2. The van der Waals surface area contributed by atoms with Gasteiger partial charge in [0.2, 0.25) is 5.91 Å². The lowest BCUT2D eigenvalue weighted by Crippen LogP contribution is -2.45. The van der Waals surface area contributed by atoms with E-state index < -0.39 is 0 Å². The molecule has 0 spiro atoms. The van der Waals surface area contributed by atoms with Gasteiger partial charge >= 0.3 is 0 Å². The number of hydrogen-bond donors (Lipinski definition) is 2. The Bertz CT molecular complexity index is 862. The minimum absolute atomic E-state index is 0. The average Bonchev–Trinajstić information content (AvgIpc) is 3.54. The molecule has 1 aliphatic heterocycles. The minimum atomic E-state index is 0. The summed E-state index contributed by atoms with van der Waals surface area (Å²) >= 11 is 0. The molecular formula is C23H33IN6O. The van der Waals surface area contributed by atoms with Crippen LogP contribution in [0.1, 0.15) is 44.6 Å². The fourth-order valence-corrected chi connectivity index (χ4v) is 4.36. The van der Waals surface area contributed by atoms with E-state index in [-0.39, 0.29) is 35.9 Å². The first-order valence-corrected chi connectivity index (χ1v) is 11.2. The molecule has 0 radical (unpaired) electrons. The Hall–Kier alpha value is -2.10. The fourth-order valence-electron chi connectivity index (χ4n) is 4.36.